The van der Waals surface area contributed by atoms with Crippen LogP contribution in [-0.4, -0.2) is 18.7 Å². The van der Waals surface area contributed by atoms with Gasteiger partial charge >= 0.3 is 6.03 Å². The molecule has 0 saturated carbocycles. The molecule has 1 heterocycles. The molecule has 3 rings (SSSR count). The van der Waals surface area contributed by atoms with Crippen LogP contribution in [0.2, 0.25) is 0 Å². The maximum absolute atomic E-state index is 12.3. The number of hydrogen-bond acceptors (Lipinski definition) is 3. The van der Waals surface area contributed by atoms with Crippen LogP contribution in [0.5, 0.6) is 0 Å². The van der Waals surface area contributed by atoms with Crippen molar-refractivity contribution in [3.05, 3.63) is 71.8 Å². The van der Waals surface area contributed by atoms with Crippen molar-refractivity contribution in [2.75, 3.05) is 0 Å². The second-order valence-corrected chi connectivity index (χ2v) is 4.39. The van der Waals surface area contributed by atoms with E-state index in [1.807, 2.05) is 67.5 Å². The van der Waals surface area contributed by atoms with Gasteiger partial charge in [-0.3, -0.25) is 10.1 Å². The number of carbonyl (C=O) groups is 3. The van der Waals surface area contributed by atoms with Gasteiger partial charge in [0.25, 0.3) is 5.91 Å². The molecule has 2 aromatic carbocycles. The Morgan fingerprint density at radius 2 is 1.19 bits per heavy atom. The number of urea groups is 1. The smallest absolute Gasteiger partial charge is 0.316 e. The second-order valence-electron chi connectivity index (χ2n) is 4.39. The van der Waals surface area contributed by atoms with Crippen molar-refractivity contribution >= 4 is 18.7 Å². The van der Waals surface area contributed by atoms with E-state index in [4.69, 9.17) is 4.79 Å². The van der Waals surface area contributed by atoms with Gasteiger partial charge in [-0.25, -0.2) is 4.79 Å². The molecule has 5 nitrogen and oxygen atoms in total. The minimum Gasteiger partial charge on any atom is -0.316 e. The Kier molecular flexibility index (Phi) is 4.13. The molecule has 0 bridgehead atoms. The Bertz CT molecular complexity index is 602. The predicted molar refractivity (Wildman–Crippen MR) is 77.5 cm³/mol. The average Bonchev–Trinajstić information content (AvgIpc) is 2.86. The maximum Gasteiger partial charge on any atom is 0.322 e. The lowest BCUT2D eigenvalue weighted by Crippen LogP contribution is -2.44. The monoisotopic (exact) mass is 282 g/mol. The topological polar surface area (TPSA) is 75.3 Å². The molecule has 0 unspecified atom stereocenters. The molecule has 0 radical (unpaired) electrons. The fourth-order valence-corrected chi connectivity index (χ4v) is 2.40. The van der Waals surface area contributed by atoms with Crippen molar-refractivity contribution in [3.8, 4) is 0 Å². The summed E-state index contributed by atoms with van der Waals surface area (Å²) in [6.07, 6.45) is 0. The van der Waals surface area contributed by atoms with E-state index in [1.54, 1.807) is 0 Å². The minimum absolute atomic E-state index is 0.352. The highest BCUT2D eigenvalue weighted by molar-refractivity contribution is 6.09. The molecule has 0 aliphatic carbocycles. The molecule has 0 aromatic heterocycles. The van der Waals surface area contributed by atoms with Crippen molar-refractivity contribution in [2.24, 2.45) is 0 Å². The van der Waals surface area contributed by atoms with Crippen LogP contribution in [0.15, 0.2) is 60.7 Å². The fourth-order valence-electron chi connectivity index (χ4n) is 2.40. The summed E-state index contributed by atoms with van der Waals surface area (Å²) in [5, 5.41) is 5.07. The lowest BCUT2D eigenvalue weighted by atomic mass is 9.83. The van der Waals surface area contributed by atoms with Crippen LogP contribution in [0, 0.1) is 0 Å². The first-order valence-electron chi connectivity index (χ1n) is 6.27. The summed E-state index contributed by atoms with van der Waals surface area (Å²) in [5.41, 5.74) is 0.341. The van der Waals surface area contributed by atoms with Gasteiger partial charge in [0.05, 0.1) is 0 Å². The lowest BCUT2D eigenvalue weighted by Gasteiger charge is -2.27. The first kappa shape index (κ1) is 14.5. The maximum atomic E-state index is 12.3. The molecular weight excluding hydrogens is 268 g/mol. The second kappa shape index (κ2) is 6.00. The molecule has 106 valence electrons. The summed E-state index contributed by atoms with van der Waals surface area (Å²) in [7, 11) is 0. The highest BCUT2D eigenvalue weighted by atomic mass is 16.2. The minimum atomic E-state index is -1.14. The van der Waals surface area contributed by atoms with Gasteiger partial charge < -0.3 is 10.1 Å². The Hall–Kier alpha value is -2.95. The Balaban J connectivity index is 0.000000774. The molecule has 2 N–H and O–H groups in total. The third-order valence-electron chi connectivity index (χ3n) is 3.28. The fraction of sp³-hybridized carbons (Fsp3) is 0.0625. The highest BCUT2D eigenvalue weighted by Gasteiger charge is 2.48. The SMILES string of the molecule is C=O.O=C1NC(=O)C(c2ccccc2)(c2ccccc2)N1. The Morgan fingerprint density at radius 3 is 1.52 bits per heavy atom. The van der Waals surface area contributed by atoms with Crippen LogP contribution >= 0.6 is 0 Å². The highest BCUT2D eigenvalue weighted by Crippen LogP contribution is 2.32. The summed E-state index contributed by atoms with van der Waals surface area (Å²) >= 11 is 0. The zero-order chi connectivity index (χ0) is 15.3. The summed E-state index contributed by atoms with van der Waals surface area (Å²) in [4.78, 5) is 31.9. The van der Waals surface area contributed by atoms with E-state index in [0.717, 1.165) is 11.1 Å². The standard InChI is InChI=1S/C15H12N2O2.CH2O/c18-13-15(17-14(19)16-13,11-7-3-1-4-8-11)12-9-5-2-6-10-12;1-2/h1-10H,(H2,16,17,18,19);1H2. The summed E-state index contributed by atoms with van der Waals surface area (Å²) in [6, 6.07) is 18.0. The van der Waals surface area contributed by atoms with Gasteiger partial charge in [-0.2, -0.15) is 0 Å². The third-order valence-corrected chi connectivity index (χ3v) is 3.28. The number of rotatable bonds is 2. The van der Waals surface area contributed by atoms with Gasteiger partial charge in [-0.1, -0.05) is 60.7 Å². The number of carbonyl (C=O) groups excluding carboxylic acids is 3. The molecule has 2 aromatic rings. The van der Waals surface area contributed by atoms with Crippen molar-refractivity contribution in [1.82, 2.24) is 10.6 Å². The Morgan fingerprint density at radius 1 is 0.762 bits per heavy atom. The van der Waals surface area contributed by atoms with Crippen molar-refractivity contribution < 1.29 is 14.4 Å². The van der Waals surface area contributed by atoms with Crippen molar-refractivity contribution in [2.45, 2.75) is 5.54 Å². The van der Waals surface area contributed by atoms with Gasteiger partial charge in [0.2, 0.25) is 0 Å². The molecule has 0 atom stereocenters. The van der Waals surface area contributed by atoms with Gasteiger partial charge in [0, 0.05) is 0 Å². The zero-order valence-electron chi connectivity index (χ0n) is 11.2. The predicted octanol–water partition coefficient (Wildman–Crippen LogP) is 1.58. The molecule has 0 spiro atoms. The molecule has 3 amide bonds. The lowest BCUT2D eigenvalue weighted by molar-refractivity contribution is -0.122. The van der Waals surface area contributed by atoms with E-state index in [9.17, 15) is 9.59 Å². The first-order chi connectivity index (χ1) is 10.2. The van der Waals surface area contributed by atoms with E-state index in [0.29, 0.717) is 0 Å². The van der Waals surface area contributed by atoms with Crippen LogP contribution < -0.4 is 10.6 Å². The molecular formula is C16H14N2O3. The van der Waals surface area contributed by atoms with E-state index >= 15 is 0 Å². The number of benzene rings is 2. The number of imide groups is 1. The van der Waals surface area contributed by atoms with Crippen molar-refractivity contribution in [3.63, 3.8) is 0 Å². The van der Waals surface area contributed by atoms with Crippen LogP contribution in [0.3, 0.4) is 0 Å². The quantitative estimate of drug-likeness (QED) is 0.821. The van der Waals surface area contributed by atoms with Crippen LogP contribution in [0.1, 0.15) is 11.1 Å². The average molecular weight is 282 g/mol. The van der Waals surface area contributed by atoms with E-state index in [-0.39, 0.29) is 5.91 Å². The first-order valence-corrected chi connectivity index (χ1v) is 6.27. The van der Waals surface area contributed by atoms with Gasteiger partial charge in [-0.15, -0.1) is 0 Å². The molecule has 1 fully saturated rings. The van der Waals surface area contributed by atoms with Crippen LogP contribution in [0.25, 0.3) is 0 Å². The van der Waals surface area contributed by atoms with E-state index < -0.39 is 11.6 Å². The number of amides is 3. The molecule has 21 heavy (non-hydrogen) atoms. The summed E-state index contributed by atoms with van der Waals surface area (Å²) in [5.74, 6) is -0.352. The Labute approximate surface area is 122 Å². The number of nitrogens with one attached hydrogen (secondary N) is 2. The zero-order valence-corrected chi connectivity index (χ0v) is 11.2. The van der Waals surface area contributed by atoms with E-state index in [1.165, 1.54) is 0 Å². The van der Waals surface area contributed by atoms with Gasteiger partial charge in [-0.05, 0) is 11.1 Å². The van der Waals surface area contributed by atoms with Crippen LogP contribution in [0.4, 0.5) is 4.79 Å². The molecule has 1 aliphatic rings. The number of hydrogen-bond donors (Lipinski definition) is 2. The van der Waals surface area contributed by atoms with Gasteiger partial charge in [0.15, 0.2) is 5.54 Å². The summed E-state index contributed by atoms with van der Waals surface area (Å²) < 4.78 is 0. The summed E-state index contributed by atoms with van der Waals surface area (Å²) in [6.45, 7) is 2.00. The van der Waals surface area contributed by atoms with Crippen LogP contribution in [-0.2, 0) is 15.1 Å². The molecule has 5 heteroatoms. The van der Waals surface area contributed by atoms with Crippen molar-refractivity contribution in [1.29, 1.82) is 0 Å². The molecule has 1 saturated heterocycles. The van der Waals surface area contributed by atoms with E-state index in [2.05, 4.69) is 10.6 Å². The largest absolute Gasteiger partial charge is 0.322 e. The van der Waals surface area contributed by atoms with Gasteiger partial charge in [0.1, 0.15) is 6.79 Å². The molecule has 1 aliphatic heterocycles. The third kappa shape index (κ3) is 2.41. The normalized spacial score (nSPS) is 15.4.